The van der Waals surface area contributed by atoms with Gasteiger partial charge in [0.15, 0.2) is 0 Å². The highest BCUT2D eigenvalue weighted by molar-refractivity contribution is 6.09. The first-order valence-electron chi connectivity index (χ1n) is 10.9. The second kappa shape index (κ2) is 12.5. The number of hydrogen-bond acceptors (Lipinski definition) is 5. The molecular formula is C25H24F3N3O6. The molecule has 0 radical (unpaired) electrons. The minimum atomic E-state index is -5.08. The third-order valence-electron chi connectivity index (χ3n) is 5.15. The number of fused-ring (bicyclic) bond motifs is 1. The van der Waals surface area contributed by atoms with Gasteiger partial charge in [0.25, 0.3) is 5.91 Å². The molecule has 0 bridgehead atoms. The van der Waals surface area contributed by atoms with Gasteiger partial charge in [-0.1, -0.05) is 24.0 Å². The Labute approximate surface area is 210 Å². The van der Waals surface area contributed by atoms with Gasteiger partial charge < -0.3 is 25.7 Å². The molecule has 0 saturated heterocycles. The number of aliphatic carboxylic acids is 2. The fourth-order valence-corrected chi connectivity index (χ4v) is 3.20. The van der Waals surface area contributed by atoms with Crippen LogP contribution >= 0.6 is 0 Å². The minimum Gasteiger partial charge on any atom is -0.481 e. The molecule has 196 valence electrons. The first-order chi connectivity index (χ1) is 17.3. The molecule has 0 aromatic heterocycles. The molecule has 0 aliphatic carbocycles. The molecule has 9 nitrogen and oxygen atoms in total. The first-order valence-corrected chi connectivity index (χ1v) is 10.9. The zero-order valence-corrected chi connectivity index (χ0v) is 19.7. The van der Waals surface area contributed by atoms with E-state index < -0.39 is 18.1 Å². The maximum Gasteiger partial charge on any atom is 0.490 e. The lowest BCUT2D eigenvalue weighted by Gasteiger charge is -2.18. The number of halogens is 3. The van der Waals surface area contributed by atoms with Crippen LogP contribution in [0.5, 0.6) is 0 Å². The summed E-state index contributed by atoms with van der Waals surface area (Å²) in [5.74, 6) is 1.70. The van der Waals surface area contributed by atoms with E-state index in [1.54, 1.807) is 25.2 Å². The third kappa shape index (κ3) is 8.36. The third-order valence-corrected chi connectivity index (χ3v) is 5.15. The molecule has 0 saturated carbocycles. The Morgan fingerprint density at radius 1 is 1.03 bits per heavy atom. The standard InChI is InChI=1S/C23H23N3O4.C2HF3O2/c1-25-20-9-8-18(7-6-16-2-4-17(5-3-16)10-12-24)14-19(20)23(30)26(15-21(25)27)13-11-22(28)29;3-2(4,5)1(6)7/h2-5,8-9,14H,10-13,15,24H2,1H3,(H,28,29);(H,6,7). The molecule has 1 aliphatic heterocycles. The monoisotopic (exact) mass is 519 g/mol. The minimum absolute atomic E-state index is 0.0295. The highest BCUT2D eigenvalue weighted by atomic mass is 19.4. The van der Waals surface area contributed by atoms with Crippen molar-refractivity contribution in [3.05, 3.63) is 64.7 Å². The average molecular weight is 519 g/mol. The molecule has 2 amide bonds. The predicted octanol–water partition coefficient (Wildman–Crippen LogP) is 2.11. The van der Waals surface area contributed by atoms with E-state index in [4.69, 9.17) is 20.7 Å². The maximum absolute atomic E-state index is 13.0. The van der Waals surface area contributed by atoms with Crippen LogP contribution in [0, 0.1) is 11.8 Å². The number of alkyl halides is 3. The number of nitrogens with zero attached hydrogens (tertiary/aromatic N) is 2. The number of anilines is 1. The number of carbonyl (C=O) groups excluding carboxylic acids is 2. The van der Waals surface area contributed by atoms with E-state index in [0.717, 1.165) is 17.5 Å². The average Bonchev–Trinajstić information content (AvgIpc) is 2.92. The van der Waals surface area contributed by atoms with Crippen molar-refractivity contribution in [3.63, 3.8) is 0 Å². The summed E-state index contributed by atoms with van der Waals surface area (Å²) in [4.78, 5) is 47.8. The van der Waals surface area contributed by atoms with Crippen LogP contribution in [-0.4, -0.2) is 71.7 Å². The number of likely N-dealkylation sites (N-methyl/N-ethyl adjacent to an activating group) is 1. The van der Waals surface area contributed by atoms with E-state index in [1.807, 2.05) is 24.3 Å². The molecule has 0 spiro atoms. The van der Waals surface area contributed by atoms with Crippen LogP contribution in [0.15, 0.2) is 42.5 Å². The maximum atomic E-state index is 13.0. The molecule has 1 aliphatic rings. The van der Waals surface area contributed by atoms with Gasteiger partial charge in [-0.3, -0.25) is 14.4 Å². The smallest absolute Gasteiger partial charge is 0.481 e. The number of carbonyl (C=O) groups is 4. The molecule has 2 aromatic carbocycles. The van der Waals surface area contributed by atoms with E-state index in [2.05, 4.69) is 11.8 Å². The molecular weight excluding hydrogens is 495 g/mol. The lowest BCUT2D eigenvalue weighted by atomic mass is 10.1. The quantitative estimate of drug-likeness (QED) is 0.514. The Morgan fingerprint density at radius 2 is 1.59 bits per heavy atom. The molecule has 0 unspecified atom stereocenters. The molecule has 4 N–H and O–H groups in total. The molecule has 0 atom stereocenters. The van der Waals surface area contributed by atoms with Crippen LogP contribution in [0.1, 0.15) is 33.5 Å². The first kappa shape index (κ1) is 28.9. The Balaban J connectivity index is 0.000000604. The van der Waals surface area contributed by atoms with E-state index in [0.29, 0.717) is 23.4 Å². The molecule has 0 fully saturated rings. The normalized spacial score (nSPS) is 13.0. The fraction of sp³-hybridized carbons (Fsp3) is 0.280. The lowest BCUT2D eigenvalue weighted by Crippen LogP contribution is -2.38. The molecule has 12 heteroatoms. The van der Waals surface area contributed by atoms with E-state index in [9.17, 15) is 27.6 Å². The van der Waals surface area contributed by atoms with Crippen molar-refractivity contribution in [2.75, 3.05) is 31.6 Å². The van der Waals surface area contributed by atoms with Crippen molar-refractivity contribution >= 4 is 29.4 Å². The number of benzene rings is 2. The predicted molar refractivity (Wildman–Crippen MR) is 127 cm³/mol. The van der Waals surface area contributed by atoms with Gasteiger partial charge in [-0.25, -0.2) is 4.79 Å². The van der Waals surface area contributed by atoms with Crippen LogP contribution in [0.4, 0.5) is 18.9 Å². The zero-order chi connectivity index (χ0) is 27.8. The van der Waals surface area contributed by atoms with Gasteiger partial charge in [0.05, 0.1) is 17.7 Å². The van der Waals surface area contributed by atoms with Gasteiger partial charge in [-0.2, -0.15) is 13.2 Å². The summed E-state index contributed by atoms with van der Waals surface area (Å²) in [5, 5.41) is 16.1. The van der Waals surface area contributed by atoms with Crippen molar-refractivity contribution in [3.8, 4) is 11.8 Å². The van der Waals surface area contributed by atoms with Crippen LogP contribution in [-0.2, 0) is 20.8 Å². The summed E-state index contributed by atoms with van der Waals surface area (Å²) in [6, 6.07) is 12.9. The van der Waals surface area contributed by atoms with Gasteiger partial charge in [0.2, 0.25) is 5.91 Å². The van der Waals surface area contributed by atoms with Gasteiger partial charge >= 0.3 is 18.1 Å². The highest BCUT2D eigenvalue weighted by Crippen LogP contribution is 2.26. The number of rotatable bonds is 5. The number of nitrogens with two attached hydrogens (primary N) is 1. The van der Waals surface area contributed by atoms with Crippen molar-refractivity contribution in [2.24, 2.45) is 5.73 Å². The summed E-state index contributed by atoms with van der Waals surface area (Å²) in [7, 11) is 1.60. The number of hydrogen-bond donors (Lipinski definition) is 3. The van der Waals surface area contributed by atoms with Crippen LogP contribution < -0.4 is 10.6 Å². The van der Waals surface area contributed by atoms with E-state index in [1.165, 1.54) is 9.80 Å². The number of amides is 2. The van der Waals surface area contributed by atoms with Crippen molar-refractivity contribution in [2.45, 2.75) is 19.0 Å². The van der Waals surface area contributed by atoms with E-state index in [-0.39, 0.29) is 31.3 Å². The van der Waals surface area contributed by atoms with Crippen LogP contribution in [0.25, 0.3) is 0 Å². The summed E-state index contributed by atoms with van der Waals surface area (Å²) in [5.41, 5.74) is 9.00. The Morgan fingerprint density at radius 3 is 2.14 bits per heavy atom. The Kier molecular flexibility index (Phi) is 9.79. The Hall–Kier alpha value is -4.37. The molecule has 2 aromatic rings. The van der Waals surface area contributed by atoms with Crippen molar-refractivity contribution in [1.29, 1.82) is 0 Å². The number of carboxylic acids is 2. The second-order valence-corrected chi connectivity index (χ2v) is 7.84. The summed E-state index contributed by atoms with van der Waals surface area (Å²) < 4.78 is 31.7. The largest absolute Gasteiger partial charge is 0.490 e. The summed E-state index contributed by atoms with van der Waals surface area (Å²) in [6.45, 7) is 0.403. The highest BCUT2D eigenvalue weighted by Gasteiger charge is 2.38. The molecule has 3 rings (SSSR count). The zero-order valence-electron chi connectivity index (χ0n) is 19.7. The topological polar surface area (TPSA) is 141 Å². The lowest BCUT2D eigenvalue weighted by molar-refractivity contribution is -0.192. The van der Waals surface area contributed by atoms with Gasteiger partial charge in [0, 0.05) is 24.7 Å². The Bertz CT molecular complexity index is 1230. The summed E-state index contributed by atoms with van der Waals surface area (Å²) in [6.07, 6.45) is -4.50. The molecule has 1 heterocycles. The summed E-state index contributed by atoms with van der Waals surface area (Å²) >= 11 is 0. The van der Waals surface area contributed by atoms with Gasteiger partial charge in [-0.15, -0.1) is 0 Å². The number of carboxylic acid groups (broad SMARTS) is 2. The SMILES string of the molecule is CN1C(=O)CN(CCC(=O)O)C(=O)c2cc(C#Cc3ccc(CCN)cc3)ccc21.O=C(O)C(F)(F)F. The van der Waals surface area contributed by atoms with E-state index >= 15 is 0 Å². The van der Waals surface area contributed by atoms with Crippen molar-refractivity contribution < 1.29 is 42.6 Å². The van der Waals surface area contributed by atoms with Crippen molar-refractivity contribution in [1.82, 2.24) is 4.90 Å². The second-order valence-electron chi connectivity index (χ2n) is 7.84. The molecule has 37 heavy (non-hydrogen) atoms. The van der Waals surface area contributed by atoms with Crippen LogP contribution in [0.2, 0.25) is 0 Å². The van der Waals surface area contributed by atoms with Gasteiger partial charge in [0.1, 0.15) is 6.54 Å². The van der Waals surface area contributed by atoms with Gasteiger partial charge in [-0.05, 0) is 48.9 Å². The van der Waals surface area contributed by atoms with Crippen LogP contribution in [0.3, 0.4) is 0 Å². The fourth-order valence-electron chi connectivity index (χ4n) is 3.20.